The van der Waals surface area contributed by atoms with Crippen LogP contribution in [0.3, 0.4) is 0 Å². The summed E-state index contributed by atoms with van der Waals surface area (Å²) < 4.78 is 43.0. The zero-order valence-corrected chi connectivity index (χ0v) is 10.0. The molecular formula is C11H18F3NO2. The van der Waals surface area contributed by atoms with Crippen molar-refractivity contribution in [1.29, 1.82) is 0 Å². The summed E-state index contributed by atoms with van der Waals surface area (Å²) in [6, 6.07) is 0. The summed E-state index contributed by atoms with van der Waals surface area (Å²) in [7, 11) is 0. The van der Waals surface area contributed by atoms with Gasteiger partial charge in [-0.15, -0.1) is 0 Å². The van der Waals surface area contributed by atoms with Crippen LogP contribution in [0, 0.1) is 0 Å². The van der Waals surface area contributed by atoms with Crippen LogP contribution >= 0.6 is 0 Å². The zero-order chi connectivity index (χ0) is 13.1. The van der Waals surface area contributed by atoms with Gasteiger partial charge in [0.25, 0.3) is 5.79 Å². The van der Waals surface area contributed by atoms with Gasteiger partial charge in [0.15, 0.2) is 0 Å². The molecule has 0 radical (unpaired) electrons. The number of rotatable bonds is 3. The third kappa shape index (κ3) is 2.93. The van der Waals surface area contributed by atoms with E-state index < -0.39 is 12.0 Å². The Morgan fingerprint density at radius 3 is 2.47 bits per heavy atom. The van der Waals surface area contributed by atoms with Crippen molar-refractivity contribution in [2.75, 3.05) is 19.7 Å². The van der Waals surface area contributed by atoms with Crippen molar-refractivity contribution in [2.24, 2.45) is 0 Å². The Balaban J connectivity index is 3.01. The largest absolute Gasteiger partial charge is 0.447 e. The van der Waals surface area contributed by atoms with Gasteiger partial charge in [-0.25, -0.2) is 0 Å². The van der Waals surface area contributed by atoms with Crippen molar-refractivity contribution in [3.05, 3.63) is 11.8 Å². The fraction of sp³-hybridized carbons (Fsp3) is 0.818. The van der Waals surface area contributed by atoms with Crippen molar-refractivity contribution in [3.63, 3.8) is 0 Å². The van der Waals surface area contributed by atoms with E-state index in [1.54, 1.807) is 4.90 Å². The standard InChI is InChI=1S/C11H18F3NO2/c1-3-15(4-2)8-9-6-5-7-17-10(9,16)11(12,13)14/h8,16H,3-7H2,1-2H3/b9-8+. The van der Waals surface area contributed by atoms with Gasteiger partial charge in [-0.05, 0) is 26.7 Å². The smallest absolute Gasteiger partial charge is 0.378 e. The molecule has 6 heteroatoms. The highest BCUT2D eigenvalue weighted by molar-refractivity contribution is 5.17. The normalized spacial score (nSPS) is 28.5. The second kappa shape index (κ2) is 5.27. The molecule has 1 heterocycles. The summed E-state index contributed by atoms with van der Waals surface area (Å²) in [6.45, 7) is 4.79. The first-order valence-electron chi connectivity index (χ1n) is 5.73. The van der Waals surface area contributed by atoms with Gasteiger partial charge in [0.1, 0.15) is 0 Å². The number of alkyl halides is 3. The van der Waals surface area contributed by atoms with Crippen molar-refractivity contribution in [3.8, 4) is 0 Å². The molecule has 0 amide bonds. The van der Waals surface area contributed by atoms with Gasteiger partial charge in [-0.1, -0.05) is 0 Å². The maximum absolute atomic E-state index is 12.8. The molecule has 3 nitrogen and oxygen atoms in total. The van der Waals surface area contributed by atoms with Crippen LogP contribution in [0.5, 0.6) is 0 Å². The lowest BCUT2D eigenvalue weighted by Crippen LogP contribution is -2.51. The number of hydrogen-bond donors (Lipinski definition) is 1. The number of hydrogen-bond acceptors (Lipinski definition) is 3. The lowest BCUT2D eigenvalue weighted by atomic mass is 9.98. The molecule has 0 aliphatic carbocycles. The van der Waals surface area contributed by atoms with E-state index in [0.717, 1.165) is 0 Å². The summed E-state index contributed by atoms with van der Waals surface area (Å²) in [5.41, 5.74) is -0.111. The van der Waals surface area contributed by atoms with E-state index in [9.17, 15) is 18.3 Å². The average molecular weight is 253 g/mol. The van der Waals surface area contributed by atoms with Crippen LogP contribution in [0.15, 0.2) is 11.8 Å². The molecule has 0 bridgehead atoms. The van der Waals surface area contributed by atoms with E-state index in [1.165, 1.54) is 6.20 Å². The van der Waals surface area contributed by atoms with Gasteiger partial charge in [0, 0.05) is 24.9 Å². The summed E-state index contributed by atoms with van der Waals surface area (Å²) >= 11 is 0. The van der Waals surface area contributed by atoms with E-state index in [4.69, 9.17) is 0 Å². The fourth-order valence-electron chi connectivity index (χ4n) is 1.79. The minimum absolute atomic E-state index is 0.0778. The molecule has 1 saturated heterocycles. The lowest BCUT2D eigenvalue weighted by Gasteiger charge is -2.37. The van der Waals surface area contributed by atoms with Crippen LogP contribution in [-0.2, 0) is 4.74 Å². The van der Waals surface area contributed by atoms with Gasteiger partial charge < -0.3 is 14.7 Å². The molecule has 1 aliphatic rings. The molecule has 17 heavy (non-hydrogen) atoms. The van der Waals surface area contributed by atoms with Crippen LogP contribution in [0.25, 0.3) is 0 Å². The molecule has 1 N–H and O–H groups in total. The van der Waals surface area contributed by atoms with Crippen molar-refractivity contribution in [2.45, 2.75) is 38.7 Å². The van der Waals surface area contributed by atoms with Gasteiger partial charge in [-0.3, -0.25) is 0 Å². The van der Waals surface area contributed by atoms with Crippen LogP contribution in [0.4, 0.5) is 13.2 Å². The molecule has 0 spiro atoms. The Bertz CT molecular complexity index is 287. The molecule has 0 aromatic rings. The summed E-state index contributed by atoms with van der Waals surface area (Å²) in [5, 5.41) is 9.67. The average Bonchev–Trinajstić information content (AvgIpc) is 2.26. The minimum Gasteiger partial charge on any atom is -0.378 e. The minimum atomic E-state index is -4.80. The van der Waals surface area contributed by atoms with E-state index in [0.29, 0.717) is 19.5 Å². The molecule has 1 unspecified atom stereocenters. The highest BCUT2D eigenvalue weighted by atomic mass is 19.4. The van der Waals surface area contributed by atoms with E-state index >= 15 is 0 Å². The monoisotopic (exact) mass is 253 g/mol. The number of nitrogens with zero attached hydrogens (tertiary/aromatic N) is 1. The molecule has 100 valence electrons. The topological polar surface area (TPSA) is 32.7 Å². The van der Waals surface area contributed by atoms with Gasteiger partial charge >= 0.3 is 6.18 Å². The van der Waals surface area contributed by atoms with Crippen LogP contribution in [-0.4, -0.2) is 41.7 Å². The van der Waals surface area contributed by atoms with E-state index in [-0.39, 0.29) is 18.6 Å². The second-order valence-corrected chi connectivity index (χ2v) is 3.97. The lowest BCUT2D eigenvalue weighted by molar-refractivity contribution is -0.353. The molecular weight excluding hydrogens is 235 g/mol. The second-order valence-electron chi connectivity index (χ2n) is 3.97. The number of aliphatic hydroxyl groups is 1. The first-order valence-corrected chi connectivity index (χ1v) is 5.73. The fourth-order valence-corrected chi connectivity index (χ4v) is 1.79. The van der Waals surface area contributed by atoms with Gasteiger partial charge in [0.05, 0.1) is 6.61 Å². The molecule has 1 rings (SSSR count). The Morgan fingerprint density at radius 1 is 1.41 bits per heavy atom. The zero-order valence-electron chi connectivity index (χ0n) is 10.0. The Kier molecular flexibility index (Phi) is 4.43. The predicted octanol–water partition coefficient (Wildman–Crippen LogP) is 2.27. The predicted molar refractivity (Wildman–Crippen MR) is 57.2 cm³/mol. The maximum atomic E-state index is 12.8. The van der Waals surface area contributed by atoms with Crippen LogP contribution in [0.1, 0.15) is 26.7 Å². The van der Waals surface area contributed by atoms with Gasteiger partial charge in [-0.2, -0.15) is 13.2 Å². The molecule has 1 fully saturated rings. The third-order valence-electron chi connectivity index (χ3n) is 2.87. The summed E-state index contributed by atoms with van der Waals surface area (Å²) in [4.78, 5) is 1.71. The van der Waals surface area contributed by atoms with Crippen molar-refractivity contribution in [1.82, 2.24) is 4.90 Å². The first-order chi connectivity index (χ1) is 7.85. The molecule has 1 atom stereocenters. The van der Waals surface area contributed by atoms with Crippen LogP contribution < -0.4 is 0 Å². The van der Waals surface area contributed by atoms with E-state index in [2.05, 4.69) is 4.74 Å². The highest BCUT2D eigenvalue weighted by Gasteiger charge is 2.59. The molecule has 1 aliphatic heterocycles. The van der Waals surface area contributed by atoms with Crippen molar-refractivity contribution >= 4 is 0 Å². The Hall–Kier alpha value is -0.750. The summed E-state index contributed by atoms with van der Waals surface area (Å²) in [5.74, 6) is -3.12. The molecule has 0 saturated carbocycles. The Morgan fingerprint density at radius 2 is 2.00 bits per heavy atom. The summed E-state index contributed by atoms with van der Waals surface area (Å²) in [6.07, 6.45) is -2.74. The number of halogens is 3. The van der Waals surface area contributed by atoms with Crippen LogP contribution in [0.2, 0.25) is 0 Å². The first kappa shape index (κ1) is 14.3. The van der Waals surface area contributed by atoms with E-state index in [1.807, 2.05) is 13.8 Å². The molecule has 0 aromatic carbocycles. The SMILES string of the molecule is CCN(/C=C1\CCCOC1(O)C(F)(F)F)CC. The maximum Gasteiger partial charge on any atom is 0.447 e. The van der Waals surface area contributed by atoms with Gasteiger partial charge in [0.2, 0.25) is 0 Å². The Labute approximate surface area is 98.9 Å². The molecule has 0 aromatic heterocycles. The number of ether oxygens (including phenoxy) is 1. The van der Waals surface area contributed by atoms with Crippen molar-refractivity contribution < 1.29 is 23.0 Å². The highest BCUT2D eigenvalue weighted by Crippen LogP contribution is 2.41. The quantitative estimate of drug-likeness (QED) is 0.837. The third-order valence-corrected chi connectivity index (χ3v) is 2.87.